The molecule has 0 atom stereocenters. The molecular formula is C8H19N2OS+. The zero-order chi connectivity index (χ0) is 9.40. The highest BCUT2D eigenvalue weighted by molar-refractivity contribution is 8.13. The molecule has 0 bridgehead atoms. The largest absolute Gasteiger partial charge is 0.347 e. The van der Waals surface area contributed by atoms with Gasteiger partial charge >= 0.3 is 0 Å². The highest BCUT2D eigenvalue weighted by Crippen LogP contribution is 1.98. The molecule has 1 amide bonds. The van der Waals surface area contributed by atoms with Crippen molar-refractivity contribution in [2.75, 3.05) is 32.9 Å². The highest BCUT2D eigenvalue weighted by Gasteiger charge is 1.98. The topological polar surface area (TPSA) is 33.5 Å². The fourth-order valence-corrected chi connectivity index (χ4v) is 1.28. The molecule has 0 aliphatic heterocycles. The van der Waals surface area contributed by atoms with E-state index in [1.165, 1.54) is 16.7 Å². The zero-order valence-electron chi connectivity index (χ0n) is 8.14. The minimum atomic E-state index is 0.103. The van der Waals surface area contributed by atoms with Crippen LogP contribution in [0.4, 0.5) is 4.79 Å². The smallest absolute Gasteiger partial charge is 0.279 e. The van der Waals surface area contributed by atoms with Crippen molar-refractivity contribution in [3.63, 3.8) is 0 Å². The molecule has 3 nitrogen and oxygen atoms in total. The van der Waals surface area contributed by atoms with Crippen LogP contribution < -0.4 is 10.2 Å². The number of nitrogens with one attached hydrogen (secondary N) is 2. The minimum absolute atomic E-state index is 0.103. The number of quaternary nitrogens is 1. The van der Waals surface area contributed by atoms with Crippen LogP contribution in [0.5, 0.6) is 0 Å². The van der Waals surface area contributed by atoms with E-state index in [2.05, 4.69) is 19.4 Å². The van der Waals surface area contributed by atoms with Crippen LogP contribution in [0, 0.1) is 0 Å². The van der Waals surface area contributed by atoms with Crippen LogP contribution in [-0.4, -0.2) is 38.2 Å². The Kier molecular flexibility index (Phi) is 7.29. The van der Waals surface area contributed by atoms with Gasteiger partial charge in [0, 0.05) is 13.0 Å². The molecule has 0 saturated carbocycles. The molecule has 0 aliphatic carbocycles. The summed E-state index contributed by atoms with van der Waals surface area (Å²) >= 11 is 1.33. The molecule has 0 heterocycles. The van der Waals surface area contributed by atoms with Gasteiger partial charge in [-0.3, -0.25) is 4.79 Å². The van der Waals surface area contributed by atoms with Gasteiger partial charge in [-0.05, 0) is 5.75 Å². The quantitative estimate of drug-likeness (QED) is 0.599. The van der Waals surface area contributed by atoms with Gasteiger partial charge in [0.05, 0.1) is 20.6 Å². The molecule has 0 aromatic rings. The van der Waals surface area contributed by atoms with E-state index in [4.69, 9.17) is 0 Å². The van der Waals surface area contributed by atoms with E-state index in [9.17, 15) is 4.79 Å². The second-order valence-corrected chi connectivity index (χ2v) is 4.19. The minimum Gasteiger partial charge on any atom is -0.347 e. The summed E-state index contributed by atoms with van der Waals surface area (Å²) in [5, 5.41) is 2.95. The molecule has 0 spiro atoms. The maximum Gasteiger partial charge on any atom is 0.279 e. The average Bonchev–Trinajstić information content (AvgIpc) is 1.98. The summed E-state index contributed by atoms with van der Waals surface area (Å²) in [5.41, 5.74) is 0. The maximum atomic E-state index is 10.9. The van der Waals surface area contributed by atoms with Gasteiger partial charge in [0.1, 0.15) is 0 Å². The summed E-state index contributed by atoms with van der Waals surface area (Å²) in [4.78, 5) is 12.4. The summed E-state index contributed by atoms with van der Waals surface area (Å²) in [7, 11) is 4.23. The van der Waals surface area contributed by atoms with Crippen molar-refractivity contribution in [3.8, 4) is 0 Å². The van der Waals surface area contributed by atoms with Crippen LogP contribution in [0.25, 0.3) is 0 Å². The summed E-state index contributed by atoms with van der Waals surface area (Å²) in [6.45, 7) is 3.89. The number of thioether (sulfide) groups is 1. The summed E-state index contributed by atoms with van der Waals surface area (Å²) < 4.78 is 0. The third-order valence-electron chi connectivity index (χ3n) is 1.40. The molecule has 0 aliphatic rings. The Morgan fingerprint density at radius 3 is 2.67 bits per heavy atom. The molecule has 0 fully saturated rings. The van der Waals surface area contributed by atoms with Gasteiger partial charge in [0.15, 0.2) is 0 Å². The number of rotatable bonds is 5. The second-order valence-electron chi connectivity index (χ2n) is 2.96. The first-order valence-corrected chi connectivity index (χ1v) is 5.35. The number of hydrogen-bond acceptors (Lipinski definition) is 2. The maximum absolute atomic E-state index is 10.9. The van der Waals surface area contributed by atoms with E-state index in [0.717, 1.165) is 25.3 Å². The standard InChI is InChI=1S/C8H18N2OS/c1-4-12-8(11)9-6-5-7-10(2)3/h4-7H2,1-3H3,(H,9,11)/p+1. The van der Waals surface area contributed by atoms with Crippen molar-refractivity contribution in [1.82, 2.24) is 5.32 Å². The predicted octanol–water partition coefficient (Wildman–Crippen LogP) is -0.0163. The Hall–Kier alpha value is -0.220. The fourth-order valence-electron chi connectivity index (χ4n) is 0.815. The predicted molar refractivity (Wildman–Crippen MR) is 53.8 cm³/mol. The summed E-state index contributed by atoms with van der Waals surface area (Å²) in [6, 6.07) is 0. The Balaban J connectivity index is 3.14. The van der Waals surface area contributed by atoms with Gasteiger partial charge in [0.2, 0.25) is 0 Å². The van der Waals surface area contributed by atoms with Crippen molar-refractivity contribution in [1.29, 1.82) is 0 Å². The number of carbonyl (C=O) groups excluding carboxylic acids is 1. The van der Waals surface area contributed by atoms with Gasteiger partial charge in [0.25, 0.3) is 5.24 Å². The van der Waals surface area contributed by atoms with Crippen LogP contribution in [0.15, 0.2) is 0 Å². The normalized spacial score (nSPS) is 10.3. The van der Waals surface area contributed by atoms with Crippen molar-refractivity contribution in [2.45, 2.75) is 13.3 Å². The molecule has 0 radical (unpaired) electrons. The van der Waals surface area contributed by atoms with Crippen LogP contribution >= 0.6 is 11.8 Å². The SMILES string of the molecule is CCSC(=O)NCCC[NH+](C)C. The van der Waals surface area contributed by atoms with E-state index in [1.54, 1.807) is 0 Å². The summed E-state index contributed by atoms with van der Waals surface area (Å²) in [6.07, 6.45) is 1.05. The molecule has 2 N–H and O–H groups in total. The van der Waals surface area contributed by atoms with Crippen molar-refractivity contribution >= 4 is 17.0 Å². The van der Waals surface area contributed by atoms with Crippen LogP contribution in [0.3, 0.4) is 0 Å². The molecule has 0 saturated heterocycles. The first-order valence-electron chi connectivity index (χ1n) is 4.36. The molecule has 4 heteroatoms. The van der Waals surface area contributed by atoms with Crippen LogP contribution in [0.2, 0.25) is 0 Å². The van der Waals surface area contributed by atoms with Gasteiger partial charge in [-0.25, -0.2) is 0 Å². The first-order chi connectivity index (χ1) is 5.66. The van der Waals surface area contributed by atoms with Gasteiger partial charge in [-0.2, -0.15) is 0 Å². The van der Waals surface area contributed by atoms with Crippen molar-refractivity contribution in [2.24, 2.45) is 0 Å². The van der Waals surface area contributed by atoms with Gasteiger partial charge < -0.3 is 10.2 Å². The van der Waals surface area contributed by atoms with E-state index < -0.39 is 0 Å². The fraction of sp³-hybridized carbons (Fsp3) is 0.875. The monoisotopic (exact) mass is 191 g/mol. The third-order valence-corrected chi connectivity index (χ3v) is 2.09. The molecular weight excluding hydrogens is 172 g/mol. The van der Waals surface area contributed by atoms with Gasteiger partial charge in [-0.15, -0.1) is 0 Å². The van der Waals surface area contributed by atoms with E-state index in [0.29, 0.717) is 0 Å². The Morgan fingerprint density at radius 1 is 1.50 bits per heavy atom. The lowest BCUT2D eigenvalue weighted by molar-refractivity contribution is -0.858. The number of amides is 1. The lowest BCUT2D eigenvalue weighted by Crippen LogP contribution is -3.05. The Labute approximate surface area is 78.9 Å². The van der Waals surface area contributed by atoms with E-state index in [-0.39, 0.29) is 5.24 Å². The van der Waals surface area contributed by atoms with Gasteiger partial charge in [-0.1, -0.05) is 18.7 Å². The molecule has 0 rings (SSSR count). The first kappa shape index (κ1) is 11.8. The van der Waals surface area contributed by atoms with Crippen molar-refractivity contribution < 1.29 is 9.69 Å². The molecule has 0 aromatic carbocycles. The third kappa shape index (κ3) is 7.88. The Morgan fingerprint density at radius 2 is 2.17 bits per heavy atom. The van der Waals surface area contributed by atoms with Crippen LogP contribution in [-0.2, 0) is 0 Å². The average molecular weight is 191 g/mol. The molecule has 0 unspecified atom stereocenters. The van der Waals surface area contributed by atoms with E-state index >= 15 is 0 Å². The Bertz CT molecular complexity index is 128. The lowest BCUT2D eigenvalue weighted by atomic mass is 10.4. The number of carbonyl (C=O) groups is 1. The second kappa shape index (κ2) is 7.43. The zero-order valence-corrected chi connectivity index (χ0v) is 8.96. The molecule has 72 valence electrons. The van der Waals surface area contributed by atoms with Crippen molar-refractivity contribution in [3.05, 3.63) is 0 Å². The molecule has 12 heavy (non-hydrogen) atoms. The van der Waals surface area contributed by atoms with E-state index in [1.807, 2.05) is 6.92 Å². The lowest BCUT2D eigenvalue weighted by Gasteiger charge is -2.07. The van der Waals surface area contributed by atoms with Crippen LogP contribution in [0.1, 0.15) is 13.3 Å². The number of hydrogen-bond donors (Lipinski definition) is 2. The summed E-state index contributed by atoms with van der Waals surface area (Å²) in [5.74, 6) is 0.852. The highest BCUT2D eigenvalue weighted by atomic mass is 32.2. The molecule has 0 aromatic heterocycles.